The fourth-order valence-corrected chi connectivity index (χ4v) is 1.37. The van der Waals surface area contributed by atoms with Crippen LogP contribution in [0.3, 0.4) is 0 Å². The molecule has 2 aliphatic heterocycles. The van der Waals surface area contributed by atoms with Crippen LogP contribution in [0.2, 0.25) is 0 Å². The number of nitrogens with zero attached hydrogens (tertiary/aromatic N) is 3. The molecule has 2 heterocycles. The molecule has 0 saturated carbocycles. The zero-order valence-corrected chi connectivity index (χ0v) is 8.57. The van der Waals surface area contributed by atoms with Crippen molar-refractivity contribution in [3.8, 4) is 0 Å². The van der Waals surface area contributed by atoms with Gasteiger partial charge in [-0.2, -0.15) is 0 Å². The Morgan fingerprint density at radius 3 is 2.94 bits per heavy atom. The second-order valence-electron chi connectivity index (χ2n) is 3.46. The van der Waals surface area contributed by atoms with Crippen molar-refractivity contribution in [2.24, 2.45) is 5.16 Å². The Morgan fingerprint density at radius 1 is 1.62 bits per heavy atom. The van der Waals surface area contributed by atoms with Gasteiger partial charge in [0.1, 0.15) is 0 Å². The number of carbonyl (C=O) groups is 1. The zero-order chi connectivity index (χ0) is 11.7. The van der Waals surface area contributed by atoms with Crippen molar-refractivity contribution < 1.29 is 19.9 Å². The maximum Gasteiger partial charge on any atom is 0.348 e. The van der Waals surface area contributed by atoms with Crippen molar-refractivity contribution in [1.82, 2.24) is 9.96 Å². The van der Waals surface area contributed by atoms with E-state index < -0.39 is 12.1 Å². The number of hydrogen-bond acceptors (Lipinski definition) is 6. The van der Waals surface area contributed by atoms with E-state index in [0.717, 1.165) is 5.06 Å². The van der Waals surface area contributed by atoms with Gasteiger partial charge < -0.3 is 14.8 Å². The fraction of sp³-hybridized carbons (Fsp3) is 0.333. The largest absolute Gasteiger partial charge is 0.478 e. The monoisotopic (exact) mass is 225 g/mol. The van der Waals surface area contributed by atoms with Crippen molar-refractivity contribution in [2.75, 3.05) is 0 Å². The molecule has 0 fully saturated rings. The van der Waals surface area contributed by atoms with E-state index in [1.165, 1.54) is 6.20 Å². The molecule has 0 aliphatic carbocycles. The summed E-state index contributed by atoms with van der Waals surface area (Å²) in [5.74, 6) is -0.541. The predicted octanol–water partition coefficient (Wildman–Crippen LogP) is 0.513. The Bertz CT molecular complexity index is 402. The number of hydroxylamine groups is 2. The molecule has 0 spiro atoms. The zero-order valence-electron chi connectivity index (χ0n) is 8.57. The minimum atomic E-state index is -1.04. The summed E-state index contributed by atoms with van der Waals surface area (Å²) in [6.07, 6.45) is 3.91. The Morgan fingerprint density at radius 2 is 2.38 bits per heavy atom. The molecule has 0 bridgehead atoms. The molecule has 0 amide bonds. The molecular weight excluding hydrogens is 214 g/mol. The molecule has 1 unspecified atom stereocenters. The lowest BCUT2D eigenvalue weighted by Crippen LogP contribution is -2.28. The molecule has 16 heavy (non-hydrogen) atoms. The molecule has 7 heteroatoms. The number of carboxylic acids is 1. The van der Waals surface area contributed by atoms with Gasteiger partial charge in [-0.15, -0.1) is 0 Å². The van der Waals surface area contributed by atoms with Crippen LogP contribution in [0.4, 0.5) is 0 Å². The van der Waals surface area contributed by atoms with Gasteiger partial charge in [0, 0.05) is 18.6 Å². The van der Waals surface area contributed by atoms with Crippen LogP contribution in [0.1, 0.15) is 13.3 Å². The topological polar surface area (TPSA) is 85.6 Å². The lowest BCUT2D eigenvalue weighted by molar-refractivity contribution is -0.148. The average Bonchev–Trinajstić information content (AvgIpc) is 2.71. The highest BCUT2D eigenvalue weighted by atomic mass is 16.7. The smallest absolute Gasteiger partial charge is 0.348 e. The molecular formula is C9H11N3O4. The molecule has 2 N–H and O–H groups in total. The summed E-state index contributed by atoms with van der Waals surface area (Å²) >= 11 is 0. The molecule has 0 aromatic rings. The minimum absolute atomic E-state index is 0.203. The van der Waals surface area contributed by atoms with Crippen molar-refractivity contribution in [1.29, 1.82) is 0 Å². The van der Waals surface area contributed by atoms with Crippen molar-refractivity contribution in [2.45, 2.75) is 19.4 Å². The van der Waals surface area contributed by atoms with Gasteiger partial charge >= 0.3 is 5.97 Å². The second kappa shape index (κ2) is 3.86. The van der Waals surface area contributed by atoms with Crippen LogP contribution in [0.15, 0.2) is 29.5 Å². The van der Waals surface area contributed by atoms with Crippen molar-refractivity contribution >= 4 is 11.8 Å². The Balaban J connectivity index is 2.06. The van der Waals surface area contributed by atoms with Crippen LogP contribution in [0.5, 0.6) is 0 Å². The molecule has 1 atom stereocenters. The highest BCUT2D eigenvalue weighted by Crippen LogP contribution is 2.18. The number of rotatable bonds is 1. The normalized spacial score (nSPS) is 24.0. The third-order valence-corrected chi connectivity index (χ3v) is 2.28. The van der Waals surface area contributed by atoms with Crippen LogP contribution in [-0.4, -0.2) is 38.2 Å². The number of oxime groups is 1. The first-order valence-corrected chi connectivity index (χ1v) is 4.66. The standard InChI is InChI=1S/C9H11N3O4/c1-6-5-11(2-3-12(6)15)8-4-7(9(13)14)16-10-8/h2-3,5,7,15H,4H2,1H3,(H,13,14). The first kappa shape index (κ1) is 10.5. The van der Waals surface area contributed by atoms with E-state index in [-0.39, 0.29) is 6.42 Å². The van der Waals surface area contributed by atoms with Crippen LogP contribution >= 0.6 is 0 Å². The van der Waals surface area contributed by atoms with E-state index in [0.29, 0.717) is 11.5 Å². The maximum absolute atomic E-state index is 10.6. The number of allylic oxidation sites excluding steroid dienone is 1. The Labute approximate surface area is 91.5 Å². The predicted molar refractivity (Wildman–Crippen MR) is 52.9 cm³/mol. The summed E-state index contributed by atoms with van der Waals surface area (Å²) in [6.45, 7) is 1.71. The molecule has 0 saturated heterocycles. The van der Waals surface area contributed by atoms with E-state index >= 15 is 0 Å². The van der Waals surface area contributed by atoms with E-state index in [9.17, 15) is 10.0 Å². The first-order valence-electron chi connectivity index (χ1n) is 4.66. The summed E-state index contributed by atoms with van der Waals surface area (Å²) in [6, 6.07) is 0. The van der Waals surface area contributed by atoms with E-state index in [1.807, 2.05) is 0 Å². The summed E-state index contributed by atoms with van der Waals surface area (Å²) < 4.78 is 0. The first-order chi connectivity index (χ1) is 7.58. The fourth-order valence-electron chi connectivity index (χ4n) is 1.37. The van der Waals surface area contributed by atoms with E-state index in [2.05, 4.69) is 5.16 Å². The van der Waals surface area contributed by atoms with Gasteiger partial charge in [0.2, 0.25) is 6.10 Å². The van der Waals surface area contributed by atoms with Gasteiger partial charge in [-0.3, -0.25) is 5.21 Å². The third kappa shape index (κ3) is 1.84. The molecule has 0 aromatic heterocycles. The van der Waals surface area contributed by atoms with E-state index in [4.69, 9.17) is 9.94 Å². The van der Waals surface area contributed by atoms with Gasteiger partial charge in [-0.05, 0) is 6.92 Å². The highest BCUT2D eigenvalue weighted by molar-refractivity contribution is 5.90. The van der Waals surface area contributed by atoms with Gasteiger partial charge in [0.15, 0.2) is 5.84 Å². The average molecular weight is 225 g/mol. The lowest BCUT2D eigenvalue weighted by Gasteiger charge is -2.23. The van der Waals surface area contributed by atoms with Gasteiger partial charge in [0.05, 0.1) is 12.1 Å². The number of carboxylic acid groups (broad SMARTS) is 1. The van der Waals surface area contributed by atoms with Gasteiger partial charge in [0.25, 0.3) is 0 Å². The molecule has 0 radical (unpaired) electrons. The van der Waals surface area contributed by atoms with Gasteiger partial charge in [-0.25, -0.2) is 9.86 Å². The van der Waals surface area contributed by atoms with Crippen LogP contribution in [-0.2, 0) is 9.63 Å². The van der Waals surface area contributed by atoms with Crippen LogP contribution in [0, 0.1) is 0 Å². The van der Waals surface area contributed by atoms with E-state index in [1.54, 1.807) is 24.2 Å². The number of hydrogen-bond donors (Lipinski definition) is 2. The molecule has 7 nitrogen and oxygen atoms in total. The van der Waals surface area contributed by atoms with Gasteiger partial charge in [-0.1, -0.05) is 5.16 Å². The summed E-state index contributed by atoms with van der Waals surface area (Å²) in [4.78, 5) is 17.0. The third-order valence-electron chi connectivity index (χ3n) is 2.28. The van der Waals surface area contributed by atoms with Crippen LogP contribution in [0.25, 0.3) is 0 Å². The summed E-state index contributed by atoms with van der Waals surface area (Å²) in [7, 11) is 0. The van der Waals surface area contributed by atoms with Crippen LogP contribution < -0.4 is 0 Å². The molecule has 86 valence electrons. The molecule has 2 rings (SSSR count). The minimum Gasteiger partial charge on any atom is -0.478 e. The second-order valence-corrected chi connectivity index (χ2v) is 3.46. The number of amidine groups is 1. The highest BCUT2D eigenvalue weighted by Gasteiger charge is 2.30. The Kier molecular flexibility index (Phi) is 2.53. The SMILES string of the molecule is CC1=CN(C2=NOC(C(=O)O)C2)C=CN1O. The van der Waals surface area contributed by atoms with Crippen molar-refractivity contribution in [3.05, 3.63) is 24.3 Å². The Hall–Kier alpha value is -2.02. The summed E-state index contributed by atoms with van der Waals surface area (Å²) in [5.41, 5.74) is 0.601. The quantitative estimate of drug-likeness (QED) is 0.676. The summed E-state index contributed by atoms with van der Waals surface area (Å²) in [5, 5.41) is 22.6. The molecule has 2 aliphatic rings. The maximum atomic E-state index is 10.6. The number of aliphatic carboxylic acids is 1. The lowest BCUT2D eigenvalue weighted by atomic mass is 10.2. The molecule has 0 aromatic carbocycles. The van der Waals surface area contributed by atoms with Crippen molar-refractivity contribution in [3.63, 3.8) is 0 Å².